The summed E-state index contributed by atoms with van der Waals surface area (Å²) in [6, 6.07) is 8.84. The first-order valence-electron chi connectivity index (χ1n) is 10.9. The van der Waals surface area contributed by atoms with E-state index in [1.165, 1.54) is 31.4 Å². The van der Waals surface area contributed by atoms with Gasteiger partial charge >= 0.3 is 0 Å². The van der Waals surface area contributed by atoms with Crippen LogP contribution in [0.2, 0.25) is 0 Å². The first kappa shape index (κ1) is 20.5. The Morgan fingerprint density at radius 2 is 1.93 bits per heavy atom. The molecule has 0 amide bonds. The molecular formula is C22H33N7O. The minimum absolute atomic E-state index is 0.529. The molecule has 8 heteroatoms. The predicted molar refractivity (Wildman–Crippen MR) is 119 cm³/mol. The Morgan fingerprint density at radius 3 is 2.60 bits per heavy atom. The van der Waals surface area contributed by atoms with Crippen LogP contribution in [0.25, 0.3) is 0 Å². The van der Waals surface area contributed by atoms with Crippen molar-refractivity contribution in [2.75, 3.05) is 38.2 Å². The van der Waals surface area contributed by atoms with Crippen LogP contribution in [0.15, 0.2) is 29.3 Å². The van der Waals surface area contributed by atoms with Crippen molar-refractivity contribution in [2.24, 2.45) is 12.0 Å². The zero-order chi connectivity index (χ0) is 20.9. The number of nitrogens with zero attached hydrogens (tertiary/aromatic N) is 6. The lowest BCUT2D eigenvalue weighted by atomic mass is 10.2. The molecule has 1 saturated carbocycles. The Balaban J connectivity index is 1.44. The molecule has 0 bridgehead atoms. The van der Waals surface area contributed by atoms with Crippen molar-refractivity contribution in [2.45, 2.75) is 45.2 Å². The SMILES string of the molecule is COc1cccc(N2CCN(C(=NCc3nnc(C)n3C)NC3CCCC3)CC2)c1. The van der Waals surface area contributed by atoms with Crippen LogP contribution in [0, 0.1) is 6.92 Å². The molecule has 1 N–H and O–H groups in total. The smallest absolute Gasteiger partial charge is 0.194 e. The Kier molecular flexibility index (Phi) is 6.40. The van der Waals surface area contributed by atoms with Crippen LogP contribution in [0.4, 0.5) is 5.69 Å². The number of methoxy groups -OCH3 is 1. The fraction of sp³-hybridized carbons (Fsp3) is 0.591. The molecule has 1 saturated heterocycles. The quantitative estimate of drug-likeness (QED) is 0.602. The van der Waals surface area contributed by atoms with E-state index in [1.807, 2.05) is 24.6 Å². The summed E-state index contributed by atoms with van der Waals surface area (Å²) in [7, 11) is 3.71. The molecule has 162 valence electrons. The normalized spacial score (nSPS) is 18.2. The van der Waals surface area contributed by atoms with Gasteiger partial charge in [-0.1, -0.05) is 18.9 Å². The maximum Gasteiger partial charge on any atom is 0.194 e. The second-order valence-corrected chi connectivity index (χ2v) is 8.16. The second-order valence-electron chi connectivity index (χ2n) is 8.16. The zero-order valence-electron chi connectivity index (χ0n) is 18.3. The molecule has 1 aliphatic carbocycles. The summed E-state index contributed by atoms with van der Waals surface area (Å²) in [6.07, 6.45) is 5.06. The molecule has 2 heterocycles. The highest BCUT2D eigenvalue weighted by atomic mass is 16.5. The first-order chi connectivity index (χ1) is 14.6. The van der Waals surface area contributed by atoms with Crippen molar-refractivity contribution >= 4 is 11.6 Å². The van der Waals surface area contributed by atoms with Crippen LogP contribution >= 0.6 is 0 Å². The standard InChI is InChI=1S/C22H33N7O/c1-17-25-26-21(27(17)2)16-23-22(24-18-7-4-5-8-18)29-13-11-28(12-14-29)19-9-6-10-20(15-19)30-3/h6,9-10,15,18H,4-5,7-8,11-14,16H2,1-3H3,(H,23,24). The van der Waals surface area contributed by atoms with Crippen molar-refractivity contribution in [3.8, 4) is 5.75 Å². The Hall–Kier alpha value is -2.77. The number of aliphatic imine (C=N–C) groups is 1. The first-order valence-corrected chi connectivity index (χ1v) is 10.9. The number of guanidine groups is 1. The number of aromatic nitrogens is 3. The third-order valence-corrected chi connectivity index (χ3v) is 6.24. The van der Waals surface area contributed by atoms with Gasteiger partial charge in [0.2, 0.25) is 0 Å². The van der Waals surface area contributed by atoms with E-state index in [0.717, 1.165) is 49.5 Å². The van der Waals surface area contributed by atoms with Crippen LogP contribution in [-0.4, -0.2) is 65.0 Å². The van der Waals surface area contributed by atoms with Gasteiger partial charge in [-0.25, -0.2) is 4.99 Å². The molecule has 30 heavy (non-hydrogen) atoms. The third-order valence-electron chi connectivity index (χ3n) is 6.24. The number of hydrogen-bond acceptors (Lipinski definition) is 5. The van der Waals surface area contributed by atoms with Crippen molar-refractivity contribution in [3.05, 3.63) is 35.9 Å². The zero-order valence-corrected chi connectivity index (χ0v) is 18.3. The molecule has 4 rings (SSSR count). The lowest BCUT2D eigenvalue weighted by Gasteiger charge is -2.38. The molecule has 1 aromatic heterocycles. The summed E-state index contributed by atoms with van der Waals surface area (Å²) in [4.78, 5) is 9.75. The fourth-order valence-corrected chi connectivity index (χ4v) is 4.21. The maximum atomic E-state index is 5.39. The van der Waals surface area contributed by atoms with Crippen molar-refractivity contribution in [3.63, 3.8) is 0 Å². The van der Waals surface area contributed by atoms with Gasteiger partial charge in [-0.05, 0) is 31.9 Å². The predicted octanol–water partition coefficient (Wildman–Crippen LogP) is 2.34. The van der Waals surface area contributed by atoms with Gasteiger partial charge in [0.1, 0.15) is 18.1 Å². The number of nitrogens with one attached hydrogen (secondary N) is 1. The average Bonchev–Trinajstić information content (AvgIpc) is 3.41. The number of benzene rings is 1. The van der Waals surface area contributed by atoms with E-state index in [1.54, 1.807) is 7.11 Å². The number of piperazine rings is 1. The largest absolute Gasteiger partial charge is 0.497 e. The molecule has 1 aliphatic heterocycles. The number of rotatable bonds is 5. The minimum atomic E-state index is 0.529. The molecule has 0 spiro atoms. The number of anilines is 1. The summed E-state index contributed by atoms with van der Waals surface area (Å²) >= 11 is 0. The molecule has 0 atom stereocenters. The van der Waals surface area contributed by atoms with Crippen molar-refractivity contribution in [1.29, 1.82) is 0 Å². The van der Waals surface area contributed by atoms with Gasteiger partial charge < -0.3 is 24.4 Å². The van der Waals surface area contributed by atoms with Crippen LogP contribution < -0.4 is 15.0 Å². The topological polar surface area (TPSA) is 70.8 Å². The summed E-state index contributed by atoms with van der Waals surface area (Å²) in [5.41, 5.74) is 1.21. The van der Waals surface area contributed by atoms with Gasteiger partial charge in [-0.3, -0.25) is 0 Å². The molecule has 2 aromatic rings. The van der Waals surface area contributed by atoms with Gasteiger partial charge in [0, 0.05) is 51.0 Å². The fourth-order valence-electron chi connectivity index (χ4n) is 4.21. The van der Waals surface area contributed by atoms with Gasteiger partial charge in [-0.2, -0.15) is 0 Å². The van der Waals surface area contributed by atoms with Crippen LogP contribution in [0.3, 0.4) is 0 Å². The van der Waals surface area contributed by atoms with E-state index in [2.05, 4.69) is 43.5 Å². The lowest BCUT2D eigenvalue weighted by Crippen LogP contribution is -2.54. The maximum absolute atomic E-state index is 5.39. The van der Waals surface area contributed by atoms with E-state index in [-0.39, 0.29) is 0 Å². The average molecular weight is 412 g/mol. The van der Waals surface area contributed by atoms with E-state index in [4.69, 9.17) is 9.73 Å². The van der Waals surface area contributed by atoms with E-state index < -0.39 is 0 Å². The van der Waals surface area contributed by atoms with Crippen LogP contribution in [0.5, 0.6) is 5.75 Å². The third kappa shape index (κ3) is 4.68. The Bertz CT molecular complexity index is 864. The van der Waals surface area contributed by atoms with E-state index >= 15 is 0 Å². The van der Waals surface area contributed by atoms with Crippen LogP contribution in [-0.2, 0) is 13.6 Å². The number of aryl methyl sites for hydroxylation is 1. The van der Waals surface area contributed by atoms with Crippen molar-refractivity contribution < 1.29 is 4.74 Å². The van der Waals surface area contributed by atoms with E-state index in [9.17, 15) is 0 Å². The molecule has 0 unspecified atom stereocenters. The monoisotopic (exact) mass is 411 g/mol. The van der Waals surface area contributed by atoms with Gasteiger partial charge in [-0.15, -0.1) is 10.2 Å². The molecule has 2 fully saturated rings. The van der Waals surface area contributed by atoms with E-state index in [0.29, 0.717) is 12.6 Å². The minimum Gasteiger partial charge on any atom is -0.497 e. The van der Waals surface area contributed by atoms with Crippen LogP contribution in [0.1, 0.15) is 37.3 Å². The molecule has 0 radical (unpaired) electrons. The summed E-state index contributed by atoms with van der Waals surface area (Å²) < 4.78 is 7.40. The molecular weight excluding hydrogens is 378 g/mol. The summed E-state index contributed by atoms with van der Waals surface area (Å²) in [6.45, 7) is 6.31. The van der Waals surface area contributed by atoms with Gasteiger partial charge in [0.25, 0.3) is 0 Å². The lowest BCUT2D eigenvalue weighted by molar-refractivity contribution is 0.364. The molecule has 8 nitrogen and oxygen atoms in total. The summed E-state index contributed by atoms with van der Waals surface area (Å²) in [5.74, 6) is 3.72. The highest BCUT2D eigenvalue weighted by molar-refractivity contribution is 5.80. The molecule has 1 aromatic carbocycles. The number of ether oxygens (including phenoxy) is 1. The molecule has 2 aliphatic rings. The Morgan fingerprint density at radius 1 is 1.17 bits per heavy atom. The highest BCUT2D eigenvalue weighted by Gasteiger charge is 2.24. The summed E-state index contributed by atoms with van der Waals surface area (Å²) in [5, 5.41) is 12.2. The second kappa shape index (κ2) is 9.36. The van der Waals surface area contributed by atoms with Crippen molar-refractivity contribution in [1.82, 2.24) is 25.0 Å². The number of hydrogen-bond donors (Lipinski definition) is 1. The van der Waals surface area contributed by atoms with Gasteiger partial charge in [0.15, 0.2) is 11.8 Å². The Labute approximate surface area is 178 Å². The van der Waals surface area contributed by atoms with Gasteiger partial charge in [0.05, 0.1) is 7.11 Å². The highest BCUT2D eigenvalue weighted by Crippen LogP contribution is 2.23.